The molecule has 128 valence electrons. The smallest absolute Gasteiger partial charge is 0.193 e. The van der Waals surface area contributed by atoms with E-state index in [0.29, 0.717) is 26.9 Å². The molecule has 24 heavy (non-hydrogen) atoms. The Morgan fingerprint density at radius 1 is 1.25 bits per heavy atom. The number of benzene rings is 1. The average molecular weight is 367 g/mol. The number of carbonyl (C=O) groups is 2. The molecule has 0 spiro atoms. The van der Waals surface area contributed by atoms with Crippen molar-refractivity contribution in [2.24, 2.45) is 0 Å². The standard InChI is InChI=1S/C18H20Cl2N2O2/c1-9-17(12(4)23)11(3)22-18(9)16(24)8-21-10(2)14-6-5-13(19)7-15(14)20/h5-7,10,21-22H,8H2,1-4H3/t10-/m0/s1. The summed E-state index contributed by atoms with van der Waals surface area (Å²) in [5.41, 5.74) is 3.35. The number of carbonyl (C=O) groups excluding carboxylic acids is 2. The van der Waals surface area contributed by atoms with Crippen LogP contribution in [0.4, 0.5) is 0 Å². The van der Waals surface area contributed by atoms with Crippen molar-refractivity contribution in [3.05, 3.63) is 56.3 Å². The Kier molecular flexibility index (Phi) is 5.86. The molecule has 2 N–H and O–H groups in total. The number of aryl methyl sites for hydroxylation is 1. The highest BCUT2D eigenvalue weighted by atomic mass is 35.5. The zero-order valence-electron chi connectivity index (χ0n) is 14.1. The third-order valence-electron chi connectivity index (χ3n) is 4.07. The van der Waals surface area contributed by atoms with Gasteiger partial charge in [-0.1, -0.05) is 29.3 Å². The van der Waals surface area contributed by atoms with Gasteiger partial charge < -0.3 is 10.3 Å². The summed E-state index contributed by atoms with van der Waals surface area (Å²) in [5, 5.41) is 4.29. The fourth-order valence-electron chi connectivity index (χ4n) is 2.85. The monoisotopic (exact) mass is 366 g/mol. The molecular formula is C18H20Cl2N2O2. The Balaban J connectivity index is 2.11. The summed E-state index contributed by atoms with van der Waals surface area (Å²) in [4.78, 5) is 27.2. The molecule has 0 saturated heterocycles. The summed E-state index contributed by atoms with van der Waals surface area (Å²) in [6, 6.07) is 5.17. The van der Waals surface area contributed by atoms with Crippen molar-refractivity contribution in [3.8, 4) is 0 Å². The zero-order chi connectivity index (χ0) is 18.0. The molecule has 0 radical (unpaired) electrons. The number of hydrogen-bond donors (Lipinski definition) is 2. The zero-order valence-corrected chi connectivity index (χ0v) is 15.6. The maximum atomic E-state index is 12.5. The van der Waals surface area contributed by atoms with Crippen LogP contribution in [0.1, 0.15) is 57.6 Å². The van der Waals surface area contributed by atoms with Gasteiger partial charge in [0.15, 0.2) is 11.6 Å². The van der Waals surface area contributed by atoms with Gasteiger partial charge in [-0.3, -0.25) is 9.59 Å². The van der Waals surface area contributed by atoms with Crippen LogP contribution in [0.25, 0.3) is 0 Å². The summed E-state index contributed by atoms with van der Waals surface area (Å²) in [6.45, 7) is 7.14. The minimum absolute atomic E-state index is 0.0467. The van der Waals surface area contributed by atoms with Crippen LogP contribution >= 0.6 is 23.2 Å². The molecule has 0 aliphatic rings. The topological polar surface area (TPSA) is 62.0 Å². The molecule has 0 aliphatic heterocycles. The van der Waals surface area contributed by atoms with E-state index in [4.69, 9.17) is 23.2 Å². The van der Waals surface area contributed by atoms with E-state index in [2.05, 4.69) is 10.3 Å². The lowest BCUT2D eigenvalue weighted by atomic mass is 10.0. The van der Waals surface area contributed by atoms with Crippen LogP contribution in [0, 0.1) is 13.8 Å². The number of aromatic nitrogens is 1. The van der Waals surface area contributed by atoms with Gasteiger partial charge in [-0.2, -0.15) is 0 Å². The highest BCUT2D eigenvalue weighted by Gasteiger charge is 2.20. The minimum Gasteiger partial charge on any atom is -0.355 e. The van der Waals surface area contributed by atoms with E-state index in [-0.39, 0.29) is 24.2 Å². The van der Waals surface area contributed by atoms with Crippen molar-refractivity contribution in [2.45, 2.75) is 33.7 Å². The Morgan fingerprint density at radius 2 is 1.92 bits per heavy atom. The molecule has 0 bridgehead atoms. The first-order valence-corrected chi connectivity index (χ1v) is 8.39. The van der Waals surface area contributed by atoms with Crippen LogP contribution in [0.5, 0.6) is 0 Å². The van der Waals surface area contributed by atoms with Crippen molar-refractivity contribution in [2.75, 3.05) is 6.54 Å². The Morgan fingerprint density at radius 3 is 2.46 bits per heavy atom. The maximum Gasteiger partial charge on any atom is 0.193 e. The molecule has 1 atom stereocenters. The lowest BCUT2D eigenvalue weighted by Gasteiger charge is -2.15. The summed E-state index contributed by atoms with van der Waals surface area (Å²) in [6.07, 6.45) is 0. The van der Waals surface area contributed by atoms with Crippen molar-refractivity contribution in [3.63, 3.8) is 0 Å². The number of halogens is 2. The normalized spacial score (nSPS) is 12.2. The van der Waals surface area contributed by atoms with Gasteiger partial charge in [0.2, 0.25) is 0 Å². The molecule has 1 heterocycles. The van der Waals surface area contributed by atoms with Gasteiger partial charge in [0.05, 0.1) is 12.2 Å². The fraction of sp³-hybridized carbons (Fsp3) is 0.333. The SMILES string of the molecule is CC(=O)c1c(C)[nH]c(C(=O)CN[C@@H](C)c2ccc(Cl)cc2Cl)c1C. The molecule has 2 aromatic rings. The number of rotatable bonds is 6. The van der Waals surface area contributed by atoms with Gasteiger partial charge in [-0.25, -0.2) is 0 Å². The van der Waals surface area contributed by atoms with E-state index in [1.54, 1.807) is 26.0 Å². The number of hydrogen-bond acceptors (Lipinski definition) is 3. The molecule has 6 heteroatoms. The van der Waals surface area contributed by atoms with Gasteiger partial charge in [-0.15, -0.1) is 0 Å². The van der Waals surface area contributed by atoms with E-state index in [0.717, 1.165) is 11.3 Å². The lowest BCUT2D eigenvalue weighted by Crippen LogP contribution is -2.26. The Bertz CT molecular complexity index is 797. The van der Waals surface area contributed by atoms with E-state index in [1.165, 1.54) is 6.92 Å². The van der Waals surface area contributed by atoms with Gasteiger partial charge >= 0.3 is 0 Å². The summed E-state index contributed by atoms with van der Waals surface area (Å²) in [5.74, 6) is -0.144. The number of nitrogens with one attached hydrogen (secondary N) is 2. The highest BCUT2D eigenvalue weighted by molar-refractivity contribution is 6.35. The number of Topliss-reactive ketones (excluding diaryl/α,β-unsaturated/α-hetero) is 2. The average Bonchev–Trinajstić information content (AvgIpc) is 2.79. The van der Waals surface area contributed by atoms with Crippen LogP contribution in [0.15, 0.2) is 18.2 Å². The molecule has 4 nitrogen and oxygen atoms in total. The predicted molar refractivity (Wildman–Crippen MR) is 97.5 cm³/mol. The predicted octanol–water partition coefficient (Wildman–Crippen LogP) is 4.67. The van der Waals surface area contributed by atoms with Gasteiger partial charge in [0.25, 0.3) is 0 Å². The van der Waals surface area contributed by atoms with Crippen molar-refractivity contribution in [1.82, 2.24) is 10.3 Å². The van der Waals surface area contributed by atoms with E-state index >= 15 is 0 Å². The molecule has 0 amide bonds. The third kappa shape index (κ3) is 3.89. The second-order valence-corrected chi connectivity index (χ2v) is 6.72. The molecule has 0 saturated carbocycles. The van der Waals surface area contributed by atoms with Crippen LogP contribution in [0.3, 0.4) is 0 Å². The second kappa shape index (κ2) is 7.51. The minimum atomic E-state index is -0.109. The highest BCUT2D eigenvalue weighted by Crippen LogP contribution is 2.26. The van der Waals surface area contributed by atoms with Gasteiger partial charge in [0, 0.05) is 27.3 Å². The first kappa shape index (κ1) is 18.7. The first-order valence-electron chi connectivity index (χ1n) is 7.64. The Labute approximate surface area is 151 Å². The summed E-state index contributed by atoms with van der Waals surface area (Å²) in [7, 11) is 0. The maximum absolute atomic E-state index is 12.5. The van der Waals surface area contributed by atoms with Crippen molar-refractivity contribution < 1.29 is 9.59 Å². The fourth-order valence-corrected chi connectivity index (χ4v) is 3.43. The van der Waals surface area contributed by atoms with Crippen molar-refractivity contribution >= 4 is 34.8 Å². The van der Waals surface area contributed by atoms with E-state index < -0.39 is 0 Å². The summed E-state index contributed by atoms with van der Waals surface area (Å²) >= 11 is 12.1. The Hall–Kier alpha value is -1.62. The molecule has 1 aromatic carbocycles. The van der Waals surface area contributed by atoms with Gasteiger partial charge in [0.1, 0.15) is 0 Å². The van der Waals surface area contributed by atoms with Gasteiger partial charge in [-0.05, 0) is 51.0 Å². The molecule has 2 rings (SSSR count). The third-order valence-corrected chi connectivity index (χ3v) is 4.63. The molecule has 0 aliphatic carbocycles. The number of H-pyrrole nitrogens is 1. The van der Waals surface area contributed by atoms with E-state index in [1.807, 2.05) is 13.0 Å². The molecule has 0 fully saturated rings. The van der Waals surface area contributed by atoms with Crippen LogP contribution < -0.4 is 5.32 Å². The largest absolute Gasteiger partial charge is 0.355 e. The number of aromatic amines is 1. The van der Waals surface area contributed by atoms with E-state index in [9.17, 15) is 9.59 Å². The summed E-state index contributed by atoms with van der Waals surface area (Å²) < 4.78 is 0. The van der Waals surface area contributed by atoms with Crippen LogP contribution in [0.2, 0.25) is 10.0 Å². The van der Waals surface area contributed by atoms with Crippen LogP contribution in [-0.2, 0) is 0 Å². The van der Waals surface area contributed by atoms with Crippen LogP contribution in [-0.4, -0.2) is 23.1 Å². The molecular weight excluding hydrogens is 347 g/mol. The second-order valence-electron chi connectivity index (χ2n) is 5.87. The van der Waals surface area contributed by atoms with Crippen molar-refractivity contribution in [1.29, 1.82) is 0 Å². The first-order chi connectivity index (χ1) is 11.2. The molecule has 1 aromatic heterocycles. The molecule has 0 unspecified atom stereocenters. The quantitative estimate of drug-likeness (QED) is 0.729. The number of ketones is 2. The lowest BCUT2D eigenvalue weighted by molar-refractivity contribution is 0.0982.